The summed E-state index contributed by atoms with van der Waals surface area (Å²) in [5.41, 5.74) is 1.03. The lowest BCUT2D eigenvalue weighted by Gasteiger charge is -2.29. The minimum Gasteiger partial charge on any atom is -0.314 e. The van der Waals surface area contributed by atoms with Crippen LogP contribution in [0.2, 0.25) is 5.02 Å². The molecule has 2 atom stereocenters. The first-order valence-electron chi connectivity index (χ1n) is 7.13. The molecular weight excluding hydrogens is 261 g/mol. The normalized spacial score (nSPS) is 14.7. The molecule has 0 bridgehead atoms. The summed E-state index contributed by atoms with van der Waals surface area (Å²) in [4.78, 5) is 0. The van der Waals surface area contributed by atoms with Crippen molar-refractivity contribution in [3.05, 3.63) is 34.6 Å². The summed E-state index contributed by atoms with van der Waals surface area (Å²) in [5.74, 6) is 0.780. The molecule has 19 heavy (non-hydrogen) atoms. The van der Waals surface area contributed by atoms with Crippen molar-refractivity contribution >= 4 is 11.6 Å². The summed E-state index contributed by atoms with van der Waals surface area (Å²) >= 11 is 6.13. The molecule has 0 saturated carbocycles. The topological polar surface area (TPSA) is 12.0 Å². The standard InChI is InChI=1S/C16H25ClFN/c1-5-8-19-12(4)15(11(2)3)9-13-6-7-14(18)10-16(13)17/h6-7,10-12,15,19H,5,8-9H2,1-4H3. The Morgan fingerprint density at radius 3 is 2.47 bits per heavy atom. The van der Waals surface area contributed by atoms with Crippen LogP contribution in [-0.2, 0) is 6.42 Å². The minimum absolute atomic E-state index is 0.271. The summed E-state index contributed by atoms with van der Waals surface area (Å²) < 4.78 is 13.1. The summed E-state index contributed by atoms with van der Waals surface area (Å²) in [5, 5.41) is 4.08. The number of benzene rings is 1. The maximum atomic E-state index is 13.1. The average molecular weight is 286 g/mol. The zero-order chi connectivity index (χ0) is 14.4. The predicted molar refractivity (Wildman–Crippen MR) is 81.2 cm³/mol. The van der Waals surface area contributed by atoms with Gasteiger partial charge in [0.05, 0.1) is 0 Å². The quantitative estimate of drug-likeness (QED) is 0.767. The van der Waals surface area contributed by atoms with Crippen molar-refractivity contribution in [3.8, 4) is 0 Å². The molecule has 1 rings (SSSR count). The Kier molecular flexibility index (Phi) is 6.81. The number of halogens is 2. The summed E-state index contributed by atoms with van der Waals surface area (Å²) in [6, 6.07) is 5.13. The van der Waals surface area contributed by atoms with E-state index in [1.807, 2.05) is 0 Å². The Morgan fingerprint density at radius 2 is 1.95 bits per heavy atom. The van der Waals surface area contributed by atoms with Crippen LogP contribution in [0, 0.1) is 17.7 Å². The highest BCUT2D eigenvalue weighted by molar-refractivity contribution is 6.31. The zero-order valence-corrected chi connectivity index (χ0v) is 13.1. The number of rotatable bonds is 7. The van der Waals surface area contributed by atoms with E-state index >= 15 is 0 Å². The molecule has 0 fully saturated rings. The first-order valence-corrected chi connectivity index (χ1v) is 7.50. The van der Waals surface area contributed by atoms with Gasteiger partial charge in [-0.3, -0.25) is 0 Å². The van der Waals surface area contributed by atoms with Gasteiger partial charge in [0, 0.05) is 11.1 Å². The fourth-order valence-electron chi connectivity index (χ4n) is 2.45. The lowest BCUT2D eigenvalue weighted by atomic mass is 9.84. The van der Waals surface area contributed by atoms with Gasteiger partial charge < -0.3 is 5.32 Å². The van der Waals surface area contributed by atoms with E-state index in [2.05, 4.69) is 33.0 Å². The van der Waals surface area contributed by atoms with Crippen LogP contribution in [0.3, 0.4) is 0 Å². The Hall–Kier alpha value is -0.600. The lowest BCUT2D eigenvalue weighted by molar-refractivity contribution is 0.289. The number of nitrogens with one attached hydrogen (secondary N) is 1. The van der Waals surface area contributed by atoms with Gasteiger partial charge in [0.2, 0.25) is 0 Å². The van der Waals surface area contributed by atoms with E-state index in [0.29, 0.717) is 22.9 Å². The molecule has 108 valence electrons. The van der Waals surface area contributed by atoms with Gasteiger partial charge in [0.25, 0.3) is 0 Å². The molecule has 1 aromatic carbocycles. The highest BCUT2D eigenvalue weighted by Crippen LogP contribution is 2.26. The third kappa shape index (κ3) is 5.12. The van der Waals surface area contributed by atoms with Gasteiger partial charge in [-0.1, -0.05) is 38.4 Å². The lowest BCUT2D eigenvalue weighted by Crippen LogP contribution is -2.37. The van der Waals surface area contributed by atoms with Gasteiger partial charge in [-0.25, -0.2) is 4.39 Å². The second-order valence-corrected chi connectivity index (χ2v) is 6.00. The van der Waals surface area contributed by atoms with E-state index < -0.39 is 0 Å². The average Bonchev–Trinajstić information content (AvgIpc) is 2.34. The second kappa shape index (κ2) is 7.86. The third-order valence-electron chi connectivity index (χ3n) is 3.69. The van der Waals surface area contributed by atoms with Crippen LogP contribution in [0.25, 0.3) is 0 Å². The van der Waals surface area contributed by atoms with E-state index in [1.54, 1.807) is 6.07 Å². The van der Waals surface area contributed by atoms with Crippen molar-refractivity contribution < 1.29 is 4.39 Å². The maximum absolute atomic E-state index is 13.1. The number of hydrogen-bond acceptors (Lipinski definition) is 1. The van der Waals surface area contributed by atoms with Gasteiger partial charge in [-0.15, -0.1) is 0 Å². The molecule has 1 nitrogen and oxygen atoms in total. The zero-order valence-electron chi connectivity index (χ0n) is 12.3. The second-order valence-electron chi connectivity index (χ2n) is 5.59. The minimum atomic E-state index is -0.271. The molecule has 0 amide bonds. The summed E-state index contributed by atoms with van der Waals surface area (Å²) in [6.45, 7) is 9.87. The fourth-order valence-corrected chi connectivity index (χ4v) is 2.70. The molecule has 1 aromatic rings. The van der Waals surface area contributed by atoms with Gasteiger partial charge in [0.15, 0.2) is 0 Å². The third-order valence-corrected chi connectivity index (χ3v) is 4.04. The van der Waals surface area contributed by atoms with Crippen molar-refractivity contribution in [3.63, 3.8) is 0 Å². The first kappa shape index (κ1) is 16.5. The molecule has 0 radical (unpaired) electrons. The monoisotopic (exact) mass is 285 g/mol. The fraction of sp³-hybridized carbons (Fsp3) is 0.625. The van der Waals surface area contributed by atoms with E-state index in [4.69, 9.17) is 11.6 Å². The molecule has 0 aromatic heterocycles. The van der Waals surface area contributed by atoms with Crippen molar-refractivity contribution in [2.75, 3.05) is 6.54 Å². The SMILES string of the molecule is CCCNC(C)C(Cc1ccc(F)cc1Cl)C(C)C. The van der Waals surface area contributed by atoms with E-state index in [0.717, 1.165) is 24.9 Å². The molecule has 0 aliphatic heterocycles. The largest absolute Gasteiger partial charge is 0.314 e. The van der Waals surface area contributed by atoms with Gasteiger partial charge in [0.1, 0.15) is 5.82 Å². The van der Waals surface area contributed by atoms with Gasteiger partial charge >= 0.3 is 0 Å². The van der Waals surface area contributed by atoms with Crippen LogP contribution in [0.4, 0.5) is 4.39 Å². The molecular formula is C16H25ClFN. The Balaban J connectivity index is 2.77. The molecule has 0 aliphatic carbocycles. The Labute approximate surface area is 121 Å². The van der Waals surface area contributed by atoms with E-state index in [9.17, 15) is 4.39 Å². The molecule has 1 N–H and O–H groups in total. The van der Waals surface area contributed by atoms with E-state index in [1.165, 1.54) is 12.1 Å². The summed E-state index contributed by atoms with van der Waals surface area (Å²) in [7, 11) is 0. The van der Waals surface area contributed by atoms with Crippen molar-refractivity contribution in [2.24, 2.45) is 11.8 Å². The molecule has 0 spiro atoms. The van der Waals surface area contributed by atoms with Crippen molar-refractivity contribution in [1.29, 1.82) is 0 Å². The Bertz CT molecular complexity index is 392. The van der Waals surface area contributed by atoms with Crippen LogP contribution in [0.15, 0.2) is 18.2 Å². The molecule has 0 heterocycles. The van der Waals surface area contributed by atoms with Crippen LogP contribution in [-0.4, -0.2) is 12.6 Å². The smallest absolute Gasteiger partial charge is 0.124 e. The first-order chi connectivity index (χ1) is 8.95. The van der Waals surface area contributed by atoms with Crippen molar-refractivity contribution in [2.45, 2.75) is 46.6 Å². The number of hydrogen-bond donors (Lipinski definition) is 1. The van der Waals surface area contributed by atoms with Crippen LogP contribution < -0.4 is 5.32 Å². The van der Waals surface area contributed by atoms with Crippen LogP contribution >= 0.6 is 11.6 Å². The van der Waals surface area contributed by atoms with Crippen LogP contribution in [0.1, 0.15) is 39.7 Å². The Morgan fingerprint density at radius 1 is 1.26 bits per heavy atom. The van der Waals surface area contributed by atoms with Gasteiger partial charge in [-0.05, 0) is 55.8 Å². The molecule has 3 heteroatoms. The summed E-state index contributed by atoms with van der Waals surface area (Å²) in [6.07, 6.45) is 2.02. The molecule has 0 aliphatic rings. The van der Waals surface area contributed by atoms with Crippen LogP contribution in [0.5, 0.6) is 0 Å². The predicted octanol–water partition coefficient (Wildman–Crippen LogP) is 4.68. The van der Waals surface area contributed by atoms with E-state index in [-0.39, 0.29) is 5.82 Å². The maximum Gasteiger partial charge on any atom is 0.124 e. The highest BCUT2D eigenvalue weighted by Gasteiger charge is 2.21. The highest BCUT2D eigenvalue weighted by atomic mass is 35.5. The van der Waals surface area contributed by atoms with Crippen molar-refractivity contribution in [1.82, 2.24) is 5.32 Å². The van der Waals surface area contributed by atoms with Gasteiger partial charge in [-0.2, -0.15) is 0 Å². The molecule has 2 unspecified atom stereocenters. The molecule has 0 saturated heterocycles.